The number of benzene rings is 1. The average Bonchev–Trinajstić information content (AvgIpc) is 3.81. The van der Waals surface area contributed by atoms with Crippen molar-refractivity contribution in [3.63, 3.8) is 0 Å². The number of primary amides is 1. The third-order valence-electron chi connectivity index (χ3n) is 8.82. The number of nitrogens with two attached hydrogens (primary N) is 2. The molecule has 1 aromatic heterocycles. The topological polar surface area (TPSA) is 198 Å². The van der Waals surface area contributed by atoms with Crippen LogP contribution < -0.4 is 32.7 Å². The van der Waals surface area contributed by atoms with Gasteiger partial charge in [0, 0.05) is 12.3 Å². The molecule has 0 aliphatic heterocycles. The quantitative estimate of drug-likeness (QED) is 0.115. The number of amides is 5. The molecule has 0 saturated heterocycles. The number of nitrogens with zero attached hydrogens (tertiary/aromatic N) is 1. The molecule has 1 fully saturated rings. The number of unbranched alkanes of at least 4 members (excludes halogenated alkanes) is 1. The Balaban J connectivity index is 1.82. The molecule has 0 radical (unpaired) electrons. The van der Waals surface area contributed by atoms with Gasteiger partial charge in [0.25, 0.3) is 0 Å². The summed E-state index contributed by atoms with van der Waals surface area (Å²) in [6.45, 7) is 12.3. The van der Waals surface area contributed by atoms with Crippen molar-refractivity contribution in [3.05, 3.63) is 28.8 Å². The predicted octanol–water partition coefficient (Wildman–Crippen LogP) is 3.02. The van der Waals surface area contributed by atoms with Crippen LogP contribution in [0.25, 0.3) is 10.2 Å². The van der Waals surface area contributed by atoms with Gasteiger partial charge in [-0.3, -0.25) is 24.0 Å². The molecule has 1 aliphatic rings. The van der Waals surface area contributed by atoms with Gasteiger partial charge in [-0.1, -0.05) is 54.0 Å². The van der Waals surface area contributed by atoms with Crippen LogP contribution in [0.3, 0.4) is 0 Å². The van der Waals surface area contributed by atoms with E-state index < -0.39 is 47.8 Å². The van der Waals surface area contributed by atoms with Crippen LogP contribution in [0.2, 0.25) is 0 Å². The second-order valence-corrected chi connectivity index (χ2v) is 15.0. The molecule has 5 amide bonds. The Labute approximate surface area is 288 Å². The number of rotatable bonds is 20. The van der Waals surface area contributed by atoms with E-state index in [0.29, 0.717) is 49.6 Å². The zero-order valence-corrected chi connectivity index (χ0v) is 30.1. The summed E-state index contributed by atoms with van der Waals surface area (Å²) in [5.74, 6) is -2.34. The molecule has 48 heavy (non-hydrogen) atoms. The molecule has 266 valence electrons. The van der Waals surface area contributed by atoms with E-state index in [1.165, 1.54) is 16.9 Å². The third-order valence-corrected chi connectivity index (χ3v) is 9.86. The lowest BCUT2D eigenvalue weighted by molar-refractivity contribution is -0.135. The van der Waals surface area contributed by atoms with Crippen molar-refractivity contribution >= 4 is 51.1 Å². The SMILES string of the molecule is CC[C@H](C)[C@H](NC(=O)[C@H](Cc1nc2ccc(C(C)C)cc2s1)NC(=O)C1CC1)C(=O)N[C@@H](CCCCN)C(=O)N[C@@H](CC(C)C)C(N)=O. The molecule has 1 aliphatic carbocycles. The highest BCUT2D eigenvalue weighted by Gasteiger charge is 2.36. The number of fused-ring (bicyclic) bond motifs is 1. The van der Waals surface area contributed by atoms with Gasteiger partial charge in [-0.2, -0.15) is 0 Å². The number of hydrogen-bond donors (Lipinski definition) is 6. The fourth-order valence-corrected chi connectivity index (χ4v) is 6.48. The molecular formula is C35H55N7O5S. The summed E-state index contributed by atoms with van der Waals surface area (Å²) in [5.41, 5.74) is 13.3. The zero-order valence-electron chi connectivity index (χ0n) is 29.3. The summed E-state index contributed by atoms with van der Waals surface area (Å²) >= 11 is 1.48. The summed E-state index contributed by atoms with van der Waals surface area (Å²) in [6.07, 6.45) is 4.15. The van der Waals surface area contributed by atoms with Gasteiger partial charge in [0.05, 0.1) is 15.2 Å². The summed E-state index contributed by atoms with van der Waals surface area (Å²) in [5, 5.41) is 12.0. The van der Waals surface area contributed by atoms with Crippen LogP contribution >= 0.6 is 11.3 Å². The monoisotopic (exact) mass is 685 g/mol. The predicted molar refractivity (Wildman–Crippen MR) is 189 cm³/mol. The Morgan fingerprint density at radius 2 is 1.56 bits per heavy atom. The van der Waals surface area contributed by atoms with Crippen LogP contribution in [-0.4, -0.2) is 65.2 Å². The number of thiazole rings is 1. The van der Waals surface area contributed by atoms with Gasteiger partial charge in [0.15, 0.2) is 0 Å². The Morgan fingerprint density at radius 1 is 0.896 bits per heavy atom. The largest absolute Gasteiger partial charge is 0.368 e. The smallest absolute Gasteiger partial charge is 0.243 e. The van der Waals surface area contributed by atoms with E-state index >= 15 is 0 Å². The lowest BCUT2D eigenvalue weighted by Crippen LogP contribution is -2.59. The molecule has 0 spiro atoms. The van der Waals surface area contributed by atoms with Crippen LogP contribution in [0.1, 0.15) is 103 Å². The van der Waals surface area contributed by atoms with Gasteiger partial charge in [-0.15, -0.1) is 11.3 Å². The molecule has 1 heterocycles. The van der Waals surface area contributed by atoms with Crippen LogP contribution in [0.4, 0.5) is 0 Å². The number of carbonyl (C=O) groups excluding carboxylic acids is 5. The maximum absolute atomic E-state index is 13.9. The van der Waals surface area contributed by atoms with Gasteiger partial charge < -0.3 is 32.7 Å². The Hall–Kier alpha value is -3.58. The first-order valence-corrected chi connectivity index (χ1v) is 18.2. The van der Waals surface area contributed by atoms with Crippen LogP contribution in [0.5, 0.6) is 0 Å². The minimum atomic E-state index is -0.987. The molecule has 13 heteroatoms. The van der Waals surface area contributed by atoms with E-state index in [1.807, 2.05) is 39.8 Å². The van der Waals surface area contributed by atoms with Gasteiger partial charge in [0.1, 0.15) is 24.2 Å². The van der Waals surface area contributed by atoms with E-state index in [4.69, 9.17) is 16.5 Å². The molecule has 0 bridgehead atoms. The molecule has 1 aromatic carbocycles. The molecular weight excluding hydrogens is 630 g/mol. The van der Waals surface area contributed by atoms with Crippen molar-refractivity contribution in [2.24, 2.45) is 29.2 Å². The molecule has 0 unspecified atom stereocenters. The van der Waals surface area contributed by atoms with Gasteiger partial charge in [-0.25, -0.2) is 4.98 Å². The van der Waals surface area contributed by atoms with E-state index in [9.17, 15) is 24.0 Å². The Kier molecular flexibility index (Phi) is 14.8. The molecule has 5 atom stereocenters. The van der Waals surface area contributed by atoms with Gasteiger partial charge >= 0.3 is 0 Å². The van der Waals surface area contributed by atoms with Crippen molar-refractivity contribution in [2.75, 3.05) is 6.54 Å². The first-order valence-electron chi connectivity index (χ1n) is 17.3. The van der Waals surface area contributed by atoms with E-state index in [1.54, 1.807) is 0 Å². The maximum Gasteiger partial charge on any atom is 0.243 e. The van der Waals surface area contributed by atoms with Gasteiger partial charge in [-0.05, 0) is 80.5 Å². The summed E-state index contributed by atoms with van der Waals surface area (Å²) in [7, 11) is 0. The molecule has 8 N–H and O–H groups in total. The van der Waals surface area contributed by atoms with E-state index in [-0.39, 0.29) is 30.1 Å². The Morgan fingerprint density at radius 3 is 2.15 bits per heavy atom. The average molecular weight is 686 g/mol. The first kappa shape index (κ1) is 38.9. The summed E-state index contributed by atoms with van der Waals surface area (Å²) in [4.78, 5) is 70.8. The molecule has 2 aromatic rings. The standard InChI is InChI=1S/C35H55N7O5S/c1-7-21(6)30(35(47)39-25(10-8-9-15-36)33(45)40-26(31(37)43)16-19(2)3)42-34(46)27(41-32(44)22-11-12-22)18-29-38-24-14-13-23(20(4)5)17-28(24)48-29/h13-14,17,19-22,25-27,30H,7-12,15-16,18,36H2,1-6H3,(H2,37,43)(H,39,47)(H,40,45)(H,41,44)(H,42,46)/t21-,25-,26-,27-,30-/m0/s1. The normalized spacial score (nSPS) is 16.2. The number of carbonyl (C=O) groups is 5. The van der Waals surface area contributed by atoms with Crippen molar-refractivity contribution in [3.8, 4) is 0 Å². The summed E-state index contributed by atoms with van der Waals surface area (Å²) < 4.78 is 1.01. The van der Waals surface area contributed by atoms with Crippen LogP contribution in [0.15, 0.2) is 18.2 Å². The minimum Gasteiger partial charge on any atom is -0.368 e. The molecule has 1 saturated carbocycles. The van der Waals surface area contributed by atoms with Crippen molar-refractivity contribution in [2.45, 2.75) is 123 Å². The van der Waals surface area contributed by atoms with E-state index in [2.05, 4.69) is 41.2 Å². The number of hydrogen-bond acceptors (Lipinski definition) is 8. The maximum atomic E-state index is 13.9. The second kappa shape index (κ2) is 18.3. The highest BCUT2D eigenvalue weighted by atomic mass is 32.1. The Bertz CT molecular complexity index is 1420. The van der Waals surface area contributed by atoms with Crippen molar-refractivity contribution < 1.29 is 24.0 Å². The highest BCUT2D eigenvalue weighted by molar-refractivity contribution is 7.18. The van der Waals surface area contributed by atoms with Crippen LogP contribution in [0, 0.1) is 17.8 Å². The minimum absolute atomic E-state index is 0.103. The lowest BCUT2D eigenvalue weighted by Gasteiger charge is -2.29. The van der Waals surface area contributed by atoms with Crippen LogP contribution in [-0.2, 0) is 30.4 Å². The zero-order chi connectivity index (χ0) is 35.5. The number of aromatic nitrogens is 1. The molecule has 3 rings (SSSR count). The molecule has 12 nitrogen and oxygen atoms in total. The van der Waals surface area contributed by atoms with Crippen molar-refractivity contribution in [1.29, 1.82) is 0 Å². The fourth-order valence-electron chi connectivity index (χ4n) is 5.42. The lowest BCUT2D eigenvalue weighted by atomic mass is 9.96. The fraction of sp³-hybridized carbons (Fsp3) is 0.657. The number of nitrogens with one attached hydrogen (secondary N) is 4. The third kappa shape index (κ3) is 11.5. The first-order chi connectivity index (χ1) is 22.7. The van der Waals surface area contributed by atoms with Gasteiger partial charge in [0.2, 0.25) is 29.5 Å². The highest BCUT2D eigenvalue weighted by Crippen LogP contribution is 2.30. The van der Waals surface area contributed by atoms with Crippen molar-refractivity contribution in [1.82, 2.24) is 26.3 Å². The van der Waals surface area contributed by atoms with E-state index in [0.717, 1.165) is 23.1 Å². The summed E-state index contributed by atoms with van der Waals surface area (Å²) in [6, 6.07) is 2.35. The second-order valence-electron chi connectivity index (χ2n) is 13.8.